The molecule has 2 nitrogen and oxygen atoms in total. The third-order valence-corrected chi connectivity index (χ3v) is 1.87. The Kier molecular flexibility index (Phi) is 1.54. The number of rotatable bonds is 0. The van der Waals surface area contributed by atoms with E-state index in [-0.39, 0.29) is 12.1 Å². The molecule has 0 aromatic carbocycles. The molecule has 0 saturated carbocycles. The summed E-state index contributed by atoms with van der Waals surface area (Å²) in [5, 5.41) is 12.0. The van der Waals surface area contributed by atoms with Crippen LogP contribution >= 0.6 is 0 Å². The molecular weight excluding hydrogens is 102 g/mol. The highest BCUT2D eigenvalue weighted by Crippen LogP contribution is 2.20. The van der Waals surface area contributed by atoms with Crippen LogP contribution < -0.4 is 0 Å². The first-order chi connectivity index (χ1) is 3.72. The Bertz CT molecular complexity index is 74.6. The van der Waals surface area contributed by atoms with Gasteiger partial charge in [0.05, 0.1) is 0 Å². The predicted molar refractivity (Wildman–Crippen MR) is 30.7 cm³/mol. The minimum absolute atomic E-state index is 0.269. The summed E-state index contributed by atoms with van der Waals surface area (Å²) in [6.07, 6.45) is 2.15. The van der Waals surface area contributed by atoms with Crippen LogP contribution in [0.5, 0.6) is 0 Å². The van der Waals surface area contributed by atoms with Crippen molar-refractivity contribution in [3.05, 3.63) is 0 Å². The Balaban J connectivity index is 2.44. The lowest BCUT2D eigenvalue weighted by Gasteiger charge is -2.12. The Morgan fingerprint density at radius 3 is 1.75 bits per heavy atom. The monoisotopic (exact) mass is 114 g/mol. The lowest BCUT2D eigenvalue weighted by Crippen LogP contribution is -2.26. The minimum atomic E-state index is 0.269. The molecule has 1 aliphatic rings. The lowest BCUT2D eigenvalue weighted by molar-refractivity contribution is -0.186. The van der Waals surface area contributed by atoms with E-state index >= 15 is 0 Å². The van der Waals surface area contributed by atoms with Crippen molar-refractivity contribution in [1.82, 2.24) is 5.06 Å². The molecule has 2 unspecified atom stereocenters. The van der Waals surface area contributed by atoms with Gasteiger partial charge in [-0.3, -0.25) is 0 Å². The number of nitrogens with zero attached hydrogens (tertiary/aromatic N) is 1. The van der Waals surface area contributed by atoms with Gasteiger partial charge in [-0.05, 0) is 26.7 Å². The SMILES string of the molecule is CC1CCC(C)N1[O]. The fourth-order valence-corrected chi connectivity index (χ4v) is 1.17. The average Bonchev–Trinajstić information content (AvgIpc) is 1.98. The quantitative estimate of drug-likeness (QED) is 0.464. The van der Waals surface area contributed by atoms with Gasteiger partial charge >= 0.3 is 0 Å². The second-order valence-corrected chi connectivity index (χ2v) is 2.64. The summed E-state index contributed by atoms with van der Waals surface area (Å²) < 4.78 is 0. The van der Waals surface area contributed by atoms with Gasteiger partial charge in [-0.1, -0.05) is 0 Å². The smallest absolute Gasteiger partial charge is 0.0358 e. The Morgan fingerprint density at radius 1 is 1.25 bits per heavy atom. The number of hydroxylamine groups is 2. The third-order valence-electron chi connectivity index (χ3n) is 1.87. The molecule has 0 aromatic rings. The molecule has 0 aliphatic carbocycles. The molecule has 0 amide bonds. The molecule has 1 saturated heterocycles. The van der Waals surface area contributed by atoms with Gasteiger partial charge in [0.15, 0.2) is 0 Å². The topological polar surface area (TPSA) is 23.1 Å². The molecule has 0 N–H and O–H groups in total. The normalized spacial score (nSPS) is 40.9. The highest BCUT2D eigenvalue weighted by atomic mass is 16.5. The zero-order valence-electron chi connectivity index (χ0n) is 5.42. The molecule has 1 radical (unpaired) electrons. The molecule has 0 spiro atoms. The highest BCUT2D eigenvalue weighted by Gasteiger charge is 2.26. The maximum Gasteiger partial charge on any atom is 0.0358 e. The van der Waals surface area contributed by atoms with E-state index < -0.39 is 0 Å². The summed E-state index contributed by atoms with van der Waals surface area (Å²) in [4.78, 5) is 0. The van der Waals surface area contributed by atoms with E-state index in [1.807, 2.05) is 13.8 Å². The summed E-state index contributed by atoms with van der Waals surface area (Å²) >= 11 is 0. The molecule has 1 rings (SSSR count). The van der Waals surface area contributed by atoms with Gasteiger partial charge < -0.3 is 0 Å². The standard InChI is InChI=1S/C6H12NO/c1-5-3-4-6(2)7(5)8/h5-6H,3-4H2,1-2H3. The van der Waals surface area contributed by atoms with Crippen LogP contribution in [0.1, 0.15) is 26.7 Å². The van der Waals surface area contributed by atoms with Crippen molar-refractivity contribution in [1.29, 1.82) is 0 Å². The molecule has 8 heavy (non-hydrogen) atoms. The average molecular weight is 114 g/mol. The van der Waals surface area contributed by atoms with Crippen LogP contribution in [0, 0.1) is 0 Å². The summed E-state index contributed by atoms with van der Waals surface area (Å²) in [5.41, 5.74) is 0. The van der Waals surface area contributed by atoms with Crippen molar-refractivity contribution in [2.24, 2.45) is 0 Å². The van der Waals surface area contributed by atoms with Gasteiger partial charge in [-0.15, -0.1) is 10.3 Å². The van der Waals surface area contributed by atoms with Crippen LogP contribution in [0.3, 0.4) is 0 Å². The molecular formula is C6H12NO. The lowest BCUT2D eigenvalue weighted by atomic mass is 10.2. The summed E-state index contributed by atoms with van der Waals surface area (Å²) in [6, 6.07) is 0.537. The van der Waals surface area contributed by atoms with Gasteiger partial charge in [0, 0.05) is 12.1 Å². The van der Waals surface area contributed by atoms with Crippen LogP contribution in [-0.2, 0) is 5.21 Å². The molecule has 2 heteroatoms. The van der Waals surface area contributed by atoms with Crippen molar-refractivity contribution in [3.8, 4) is 0 Å². The first-order valence-electron chi connectivity index (χ1n) is 3.17. The van der Waals surface area contributed by atoms with E-state index in [0.717, 1.165) is 12.8 Å². The molecule has 0 aromatic heterocycles. The molecule has 0 bridgehead atoms. The third kappa shape index (κ3) is 0.858. The van der Waals surface area contributed by atoms with E-state index in [9.17, 15) is 5.21 Å². The molecule has 1 fully saturated rings. The van der Waals surface area contributed by atoms with Crippen LogP contribution in [0.15, 0.2) is 0 Å². The fourth-order valence-electron chi connectivity index (χ4n) is 1.17. The van der Waals surface area contributed by atoms with E-state index in [0.29, 0.717) is 0 Å². The molecule has 47 valence electrons. The van der Waals surface area contributed by atoms with Crippen LogP contribution in [-0.4, -0.2) is 17.1 Å². The van der Waals surface area contributed by atoms with Crippen molar-refractivity contribution >= 4 is 0 Å². The van der Waals surface area contributed by atoms with Crippen molar-refractivity contribution in [3.63, 3.8) is 0 Å². The maximum atomic E-state index is 10.8. The highest BCUT2D eigenvalue weighted by molar-refractivity contribution is 4.74. The molecule has 1 heterocycles. The maximum absolute atomic E-state index is 10.8. The largest absolute Gasteiger partial charge is 0.149 e. The fraction of sp³-hybridized carbons (Fsp3) is 1.00. The van der Waals surface area contributed by atoms with Crippen molar-refractivity contribution in [2.75, 3.05) is 0 Å². The summed E-state index contributed by atoms with van der Waals surface area (Å²) in [7, 11) is 0. The van der Waals surface area contributed by atoms with Crippen LogP contribution in [0.4, 0.5) is 0 Å². The Morgan fingerprint density at radius 2 is 1.62 bits per heavy atom. The molecule has 1 aliphatic heterocycles. The van der Waals surface area contributed by atoms with Gasteiger partial charge in [-0.2, -0.15) is 0 Å². The van der Waals surface area contributed by atoms with E-state index in [1.54, 1.807) is 0 Å². The second kappa shape index (κ2) is 2.03. The van der Waals surface area contributed by atoms with E-state index in [2.05, 4.69) is 0 Å². The second-order valence-electron chi connectivity index (χ2n) is 2.64. The van der Waals surface area contributed by atoms with Gasteiger partial charge in [0.1, 0.15) is 0 Å². The first kappa shape index (κ1) is 6.05. The predicted octanol–water partition coefficient (Wildman–Crippen LogP) is 1.20. The summed E-state index contributed by atoms with van der Waals surface area (Å²) in [6.45, 7) is 3.97. The number of hydrogen-bond acceptors (Lipinski definition) is 1. The Hall–Kier alpha value is -0.0800. The van der Waals surface area contributed by atoms with Gasteiger partial charge in [-0.25, -0.2) is 0 Å². The van der Waals surface area contributed by atoms with E-state index in [4.69, 9.17) is 0 Å². The van der Waals surface area contributed by atoms with Crippen LogP contribution in [0.25, 0.3) is 0 Å². The molecule has 2 atom stereocenters. The Labute approximate surface area is 50.1 Å². The van der Waals surface area contributed by atoms with Gasteiger partial charge in [0.25, 0.3) is 0 Å². The number of hydrogen-bond donors (Lipinski definition) is 0. The van der Waals surface area contributed by atoms with E-state index in [1.165, 1.54) is 5.06 Å². The van der Waals surface area contributed by atoms with Crippen molar-refractivity contribution < 1.29 is 5.21 Å². The van der Waals surface area contributed by atoms with Crippen molar-refractivity contribution in [2.45, 2.75) is 38.8 Å². The van der Waals surface area contributed by atoms with Gasteiger partial charge in [0.2, 0.25) is 0 Å². The zero-order valence-corrected chi connectivity index (χ0v) is 5.42. The van der Waals surface area contributed by atoms with Crippen LogP contribution in [0.2, 0.25) is 0 Å². The minimum Gasteiger partial charge on any atom is -0.149 e. The summed E-state index contributed by atoms with van der Waals surface area (Å²) in [5.74, 6) is 0. The first-order valence-corrected chi connectivity index (χ1v) is 3.17. The zero-order chi connectivity index (χ0) is 6.15.